The van der Waals surface area contributed by atoms with Crippen molar-refractivity contribution < 1.29 is 23.8 Å². The van der Waals surface area contributed by atoms with Gasteiger partial charge < -0.3 is 14.2 Å². The second-order valence-electron chi connectivity index (χ2n) is 19.5. The third-order valence-corrected chi connectivity index (χ3v) is 12.8. The first-order valence-corrected chi connectivity index (χ1v) is 29.2. The van der Waals surface area contributed by atoms with E-state index in [0.29, 0.717) is 19.4 Å². The molecule has 66 heavy (non-hydrogen) atoms. The van der Waals surface area contributed by atoms with Crippen molar-refractivity contribution in [3.8, 4) is 0 Å². The number of unbranched alkanes of at least 4 members (excludes halogenated alkanes) is 35. The highest BCUT2D eigenvalue weighted by Gasteiger charge is 2.17. The van der Waals surface area contributed by atoms with Gasteiger partial charge in [0.1, 0.15) is 6.61 Å². The van der Waals surface area contributed by atoms with E-state index in [4.69, 9.17) is 14.2 Å². The van der Waals surface area contributed by atoms with Gasteiger partial charge in [-0.25, -0.2) is 0 Å². The lowest BCUT2D eigenvalue weighted by Gasteiger charge is -2.18. The summed E-state index contributed by atoms with van der Waals surface area (Å²) in [7, 11) is 0. The highest BCUT2D eigenvalue weighted by molar-refractivity contribution is 5.70. The molecular formula is C61H112O5. The molecule has 0 aliphatic rings. The summed E-state index contributed by atoms with van der Waals surface area (Å²) in [5.74, 6) is -0.393. The quantitative estimate of drug-likeness (QED) is 0.0345. The third kappa shape index (κ3) is 54.5. The van der Waals surface area contributed by atoms with E-state index in [9.17, 15) is 9.59 Å². The van der Waals surface area contributed by atoms with Crippen LogP contribution >= 0.6 is 0 Å². The standard InChI is InChI=1S/C61H112O5/c1-4-7-10-13-16-19-22-25-28-31-33-36-39-42-45-48-51-54-60(62)65-58-59(57-64-56-53-50-47-44-41-38-35-30-27-24-21-18-15-12-9-6-3)66-61(63)55-52-49-46-43-40-37-34-32-29-26-23-20-17-14-11-8-5-2/h9,12,18,21,25,27-28,30,59H,4-8,10-11,13-17,19-20,22-24,26,29,31-58H2,1-3H3/b12-9-,21-18-,28-25-,30-27-. The van der Waals surface area contributed by atoms with Gasteiger partial charge in [0.15, 0.2) is 6.10 Å². The molecule has 5 heteroatoms. The summed E-state index contributed by atoms with van der Waals surface area (Å²) in [6, 6.07) is 0. The highest BCUT2D eigenvalue weighted by Crippen LogP contribution is 2.16. The fourth-order valence-electron chi connectivity index (χ4n) is 8.52. The normalized spacial score (nSPS) is 12.5. The number of carbonyl (C=O) groups is 2. The second-order valence-corrected chi connectivity index (χ2v) is 19.5. The monoisotopic (exact) mass is 925 g/mol. The van der Waals surface area contributed by atoms with Crippen molar-refractivity contribution in [1.29, 1.82) is 0 Å². The molecule has 0 aromatic rings. The van der Waals surface area contributed by atoms with Crippen LogP contribution in [-0.2, 0) is 23.8 Å². The SMILES string of the molecule is CC/C=C\C/C=C\C/C=C\CCCCCCCCOCC(COC(=O)CCCCCCCCC/C=C\CCCCCCCC)OC(=O)CCCCCCCCCCCCCCCCCCC. The molecule has 386 valence electrons. The Morgan fingerprint density at radius 2 is 0.682 bits per heavy atom. The molecule has 0 saturated carbocycles. The summed E-state index contributed by atoms with van der Waals surface area (Å²) < 4.78 is 17.5. The van der Waals surface area contributed by atoms with Gasteiger partial charge in [0.05, 0.1) is 6.61 Å². The molecule has 1 unspecified atom stereocenters. The van der Waals surface area contributed by atoms with Crippen molar-refractivity contribution >= 4 is 11.9 Å². The largest absolute Gasteiger partial charge is 0.462 e. The number of carbonyl (C=O) groups excluding carboxylic acids is 2. The molecule has 0 aliphatic heterocycles. The summed E-state index contributed by atoms with van der Waals surface area (Å²) in [6.45, 7) is 7.74. The fraction of sp³-hybridized carbons (Fsp3) is 0.836. The molecule has 0 amide bonds. The molecule has 0 heterocycles. The average Bonchev–Trinajstić information content (AvgIpc) is 3.32. The maximum atomic E-state index is 12.9. The third-order valence-electron chi connectivity index (χ3n) is 12.8. The molecule has 0 N–H and O–H groups in total. The number of allylic oxidation sites excluding steroid dienone is 8. The van der Waals surface area contributed by atoms with Gasteiger partial charge in [0, 0.05) is 19.4 Å². The molecule has 5 nitrogen and oxygen atoms in total. The molecule has 0 rings (SSSR count). The van der Waals surface area contributed by atoms with Gasteiger partial charge in [-0.15, -0.1) is 0 Å². The molecule has 0 fully saturated rings. The Labute approximate surface area is 412 Å². The van der Waals surface area contributed by atoms with Gasteiger partial charge in [-0.3, -0.25) is 9.59 Å². The number of hydrogen-bond donors (Lipinski definition) is 0. The van der Waals surface area contributed by atoms with Crippen LogP contribution in [-0.4, -0.2) is 37.9 Å². The zero-order valence-corrected chi connectivity index (χ0v) is 44.5. The molecule has 0 bridgehead atoms. The Bertz CT molecular complexity index is 1090. The minimum Gasteiger partial charge on any atom is -0.462 e. The van der Waals surface area contributed by atoms with Crippen LogP contribution < -0.4 is 0 Å². The van der Waals surface area contributed by atoms with Crippen LogP contribution in [0, 0.1) is 0 Å². The lowest BCUT2D eigenvalue weighted by molar-refractivity contribution is -0.163. The van der Waals surface area contributed by atoms with E-state index in [2.05, 4.69) is 69.4 Å². The van der Waals surface area contributed by atoms with E-state index in [1.807, 2.05) is 0 Å². The van der Waals surface area contributed by atoms with E-state index in [1.165, 1.54) is 205 Å². The Balaban J connectivity index is 4.26. The van der Waals surface area contributed by atoms with E-state index >= 15 is 0 Å². The summed E-state index contributed by atoms with van der Waals surface area (Å²) >= 11 is 0. The first kappa shape index (κ1) is 63.9. The number of esters is 2. The Kier molecular flexibility index (Phi) is 55.3. The van der Waals surface area contributed by atoms with E-state index < -0.39 is 6.10 Å². The van der Waals surface area contributed by atoms with Gasteiger partial charge in [-0.2, -0.15) is 0 Å². The molecule has 0 spiro atoms. The zero-order chi connectivity index (χ0) is 47.7. The topological polar surface area (TPSA) is 61.8 Å². The molecule has 0 saturated heterocycles. The lowest BCUT2D eigenvalue weighted by atomic mass is 10.0. The van der Waals surface area contributed by atoms with Crippen molar-refractivity contribution in [2.24, 2.45) is 0 Å². The first-order valence-electron chi connectivity index (χ1n) is 29.2. The van der Waals surface area contributed by atoms with Gasteiger partial charge >= 0.3 is 11.9 Å². The van der Waals surface area contributed by atoms with Crippen molar-refractivity contribution in [3.05, 3.63) is 48.6 Å². The van der Waals surface area contributed by atoms with E-state index in [1.54, 1.807) is 0 Å². The second kappa shape index (κ2) is 57.2. The van der Waals surface area contributed by atoms with Crippen molar-refractivity contribution in [3.63, 3.8) is 0 Å². The van der Waals surface area contributed by atoms with Crippen LogP contribution in [0.5, 0.6) is 0 Å². The van der Waals surface area contributed by atoms with Crippen LogP contribution in [0.1, 0.15) is 303 Å². The summed E-state index contributed by atoms with van der Waals surface area (Å²) in [6.07, 6.45) is 71.3. The number of ether oxygens (including phenoxy) is 3. The predicted octanol–water partition coefficient (Wildman–Crippen LogP) is 19.9. The Morgan fingerprint density at radius 1 is 0.348 bits per heavy atom. The maximum absolute atomic E-state index is 12.9. The number of hydrogen-bond acceptors (Lipinski definition) is 5. The van der Waals surface area contributed by atoms with Crippen LogP contribution in [0.2, 0.25) is 0 Å². The van der Waals surface area contributed by atoms with E-state index in [0.717, 1.165) is 64.2 Å². The zero-order valence-electron chi connectivity index (χ0n) is 44.5. The van der Waals surface area contributed by atoms with E-state index in [-0.39, 0.29) is 25.2 Å². The van der Waals surface area contributed by atoms with Crippen molar-refractivity contribution in [2.75, 3.05) is 19.8 Å². The predicted molar refractivity (Wildman–Crippen MR) is 288 cm³/mol. The summed E-state index contributed by atoms with van der Waals surface area (Å²) in [5.41, 5.74) is 0. The lowest BCUT2D eigenvalue weighted by Crippen LogP contribution is -2.30. The smallest absolute Gasteiger partial charge is 0.306 e. The molecule has 0 aliphatic carbocycles. The molecule has 0 radical (unpaired) electrons. The van der Waals surface area contributed by atoms with Gasteiger partial charge in [-0.05, 0) is 77.0 Å². The van der Waals surface area contributed by atoms with Crippen LogP contribution in [0.25, 0.3) is 0 Å². The summed E-state index contributed by atoms with van der Waals surface area (Å²) in [5, 5.41) is 0. The average molecular weight is 926 g/mol. The van der Waals surface area contributed by atoms with Gasteiger partial charge in [0.25, 0.3) is 0 Å². The Hall–Kier alpha value is -2.14. The van der Waals surface area contributed by atoms with Crippen molar-refractivity contribution in [1.82, 2.24) is 0 Å². The van der Waals surface area contributed by atoms with Crippen molar-refractivity contribution in [2.45, 2.75) is 309 Å². The van der Waals surface area contributed by atoms with Crippen LogP contribution in [0.3, 0.4) is 0 Å². The van der Waals surface area contributed by atoms with Gasteiger partial charge in [-0.1, -0.05) is 262 Å². The molecule has 0 aromatic heterocycles. The minimum atomic E-state index is -0.543. The fourth-order valence-corrected chi connectivity index (χ4v) is 8.52. The molecule has 1 atom stereocenters. The Morgan fingerprint density at radius 3 is 1.11 bits per heavy atom. The van der Waals surface area contributed by atoms with Gasteiger partial charge in [0.2, 0.25) is 0 Å². The maximum Gasteiger partial charge on any atom is 0.306 e. The molecule has 0 aromatic carbocycles. The minimum absolute atomic E-state index is 0.0814. The van der Waals surface area contributed by atoms with Crippen LogP contribution in [0.15, 0.2) is 48.6 Å². The highest BCUT2D eigenvalue weighted by atomic mass is 16.6. The number of rotatable bonds is 54. The summed E-state index contributed by atoms with van der Waals surface area (Å²) in [4.78, 5) is 25.5. The first-order chi connectivity index (χ1) is 32.6. The van der Waals surface area contributed by atoms with Crippen LogP contribution in [0.4, 0.5) is 0 Å². The molecular weight excluding hydrogens is 813 g/mol.